The minimum Gasteiger partial charge on any atom is -0.507 e. The van der Waals surface area contributed by atoms with Crippen LogP contribution >= 0.6 is 0 Å². The Balaban J connectivity index is 2.10. The van der Waals surface area contributed by atoms with E-state index in [9.17, 15) is 5.11 Å². The summed E-state index contributed by atoms with van der Waals surface area (Å²) in [6.45, 7) is 0.314. The third kappa shape index (κ3) is 3.82. The lowest BCUT2D eigenvalue weighted by Gasteiger charge is -2.06. The quantitative estimate of drug-likeness (QED) is 0.809. The largest absolute Gasteiger partial charge is 0.507 e. The van der Waals surface area contributed by atoms with Gasteiger partial charge in [-0.2, -0.15) is 0 Å². The summed E-state index contributed by atoms with van der Waals surface area (Å²) in [7, 11) is 0. The van der Waals surface area contributed by atoms with E-state index in [-0.39, 0.29) is 12.4 Å². The molecular weight excluding hydrogens is 242 g/mol. The van der Waals surface area contributed by atoms with Crippen molar-refractivity contribution < 1.29 is 14.9 Å². The molecule has 4 heteroatoms. The summed E-state index contributed by atoms with van der Waals surface area (Å²) < 4.78 is 5.60. The number of aliphatic hydroxyl groups is 1. The van der Waals surface area contributed by atoms with Gasteiger partial charge in [0.15, 0.2) is 0 Å². The highest BCUT2D eigenvalue weighted by atomic mass is 16.5. The Kier molecular flexibility index (Phi) is 4.53. The third-order valence-electron chi connectivity index (χ3n) is 2.44. The summed E-state index contributed by atoms with van der Waals surface area (Å²) >= 11 is 0. The maximum atomic E-state index is 9.83. The number of para-hydroxylation sites is 1. The van der Waals surface area contributed by atoms with Crippen molar-refractivity contribution >= 4 is 6.21 Å². The first kappa shape index (κ1) is 13.1. The van der Waals surface area contributed by atoms with E-state index in [1.165, 1.54) is 12.3 Å². The van der Waals surface area contributed by atoms with Crippen LogP contribution in [0.25, 0.3) is 0 Å². The topological polar surface area (TPSA) is 62.1 Å². The second-order valence-corrected chi connectivity index (χ2v) is 3.89. The highest BCUT2D eigenvalue weighted by Gasteiger charge is 2.02. The van der Waals surface area contributed by atoms with Gasteiger partial charge in [0.05, 0.1) is 13.2 Å². The van der Waals surface area contributed by atoms with Crippen molar-refractivity contribution in [3.05, 3.63) is 54.1 Å². The summed E-state index contributed by atoms with van der Waals surface area (Å²) in [5.41, 5.74) is 0.592. The van der Waals surface area contributed by atoms with E-state index < -0.39 is 0 Å². The number of hydrogen-bond donors (Lipinski definition) is 2. The van der Waals surface area contributed by atoms with Crippen molar-refractivity contribution in [2.75, 3.05) is 13.2 Å². The molecule has 2 rings (SSSR count). The molecule has 2 N–H and O–H groups in total. The van der Waals surface area contributed by atoms with Crippen molar-refractivity contribution in [2.24, 2.45) is 4.99 Å². The first-order valence-corrected chi connectivity index (χ1v) is 5.96. The highest BCUT2D eigenvalue weighted by molar-refractivity contribution is 5.83. The predicted octanol–water partition coefficient (Wildman–Crippen LogP) is 2.60. The molecule has 0 saturated carbocycles. The predicted molar refractivity (Wildman–Crippen MR) is 74.2 cm³/mol. The number of aliphatic hydroxyl groups excluding tert-OH is 1. The Morgan fingerprint density at radius 2 is 1.84 bits per heavy atom. The lowest BCUT2D eigenvalue weighted by Crippen LogP contribution is -1.90. The lowest BCUT2D eigenvalue weighted by molar-refractivity contribution is 0.307. The van der Waals surface area contributed by atoms with Crippen LogP contribution < -0.4 is 4.74 Å². The molecule has 98 valence electrons. The van der Waals surface area contributed by atoms with Gasteiger partial charge in [0.2, 0.25) is 0 Å². The zero-order valence-corrected chi connectivity index (χ0v) is 10.4. The van der Waals surface area contributed by atoms with Crippen LogP contribution in [0.4, 0.5) is 0 Å². The van der Waals surface area contributed by atoms with Crippen molar-refractivity contribution in [3.8, 4) is 17.2 Å². The first-order chi connectivity index (χ1) is 9.29. The Labute approximate surface area is 111 Å². The van der Waals surface area contributed by atoms with E-state index in [0.717, 1.165) is 0 Å². The summed E-state index contributed by atoms with van der Waals surface area (Å²) in [4.78, 5) is 3.96. The molecule has 0 aliphatic carbocycles. The van der Waals surface area contributed by atoms with Gasteiger partial charge in [-0.05, 0) is 24.3 Å². The number of ether oxygens (including phenoxy) is 1. The molecule has 0 spiro atoms. The number of benzene rings is 2. The fraction of sp³-hybridized carbons (Fsp3) is 0.133. The van der Waals surface area contributed by atoms with Gasteiger partial charge in [0.25, 0.3) is 0 Å². The van der Waals surface area contributed by atoms with Crippen LogP contribution in [0.15, 0.2) is 53.5 Å². The van der Waals surface area contributed by atoms with Gasteiger partial charge in [0.1, 0.15) is 17.2 Å². The fourth-order valence-electron chi connectivity index (χ4n) is 1.54. The van der Waals surface area contributed by atoms with Crippen molar-refractivity contribution in [2.45, 2.75) is 0 Å². The number of nitrogens with zero attached hydrogens (tertiary/aromatic N) is 1. The zero-order valence-electron chi connectivity index (χ0n) is 10.4. The van der Waals surface area contributed by atoms with Crippen molar-refractivity contribution in [1.82, 2.24) is 0 Å². The van der Waals surface area contributed by atoms with Crippen LogP contribution in [-0.2, 0) is 0 Å². The second kappa shape index (κ2) is 6.56. The molecule has 0 fully saturated rings. The standard InChI is InChI=1S/C15H15NO3/c17-9-8-16-11-12-6-7-14(10-15(12)18)19-13-4-2-1-3-5-13/h1-7,10-11,17-18H,8-9H2. The van der Waals surface area contributed by atoms with E-state index in [1.807, 2.05) is 30.3 Å². The van der Waals surface area contributed by atoms with Gasteiger partial charge in [-0.3, -0.25) is 4.99 Å². The number of aliphatic imine (C=N–C) groups is 1. The summed E-state index contributed by atoms with van der Waals surface area (Å²) in [6, 6.07) is 14.4. The van der Waals surface area contributed by atoms with Gasteiger partial charge in [-0.25, -0.2) is 0 Å². The molecule has 0 saturated heterocycles. The Morgan fingerprint density at radius 1 is 1.05 bits per heavy atom. The highest BCUT2D eigenvalue weighted by Crippen LogP contribution is 2.26. The van der Waals surface area contributed by atoms with Crippen LogP contribution in [0.5, 0.6) is 17.2 Å². The third-order valence-corrected chi connectivity index (χ3v) is 2.44. The van der Waals surface area contributed by atoms with Gasteiger partial charge < -0.3 is 14.9 Å². The maximum absolute atomic E-state index is 9.83. The molecule has 0 atom stereocenters. The van der Waals surface area contributed by atoms with Gasteiger partial charge in [0, 0.05) is 17.8 Å². The summed E-state index contributed by atoms with van der Waals surface area (Å²) in [6.07, 6.45) is 1.53. The molecule has 19 heavy (non-hydrogen) atoms. The van der Waals surface area contributed by atoms with Crippen molar-refractivity contribution in [1.29, 1.82) is 0 Å². The van der Waals surface area contributed by atoms with Crippen LogP contribution in [0.3, 0.4) is 0 Å². The van der Waals surface area contributed by atoms with E-state index in [0.29, 0.717) is 23.6 Å². The van der Waals surface area contributed by atoms with E-state index in [4.69, 9.17) is 9.84 Å². The fourth-order valence-corrected chi connectivity index (χ4v) is 1.54. The molecular formula is C15H15NO3. The molecule has 0 aliphatic rings. The Bertz CT molecular complexity index is 553. The van der Waals surface area contributed by atoms with Gasteiger partial charge in [-0.15, -0.1) is 0 Å². The molecule has 0 amide bonds. The number of hydrogen-bond acceptors (Lipinski definition) is 4. The molecule has 0 bridgehead atoms. The number of phenols is 1. The Hall–Kier alpha value is -2.33. The monoisotopic (exact) mass is 257 g/mol. The first-order valence-electron chi connectivity index (χ1n) is 5.96. The smallest absolute Gasteiger partial charge is 0.131 e. The minimum atomic E-state index is -0.00748. The Morgan fingerprint density at radius 3 is 2.53 bits per heavy atom. The van der Waals surface area contributed by atoms with Gasteiger partial charge in [-0.1, -0.05) is 18.2 Å². The van der Waals surface area contributed by atoms with E-state index in [1.54, 1.807) is 12.1 Å². The van der Waals surface area contributed by atoms with Crippen LogP contribution in [-0.4, -0.2) is 29.6 Å². The van der Waals surface area contributed by atoms with Crippen LogP contribution in [0.2, 0.25) is 0 Å². The average Bonchev–Trinajstić information content (AvgIpc) is 2.43. The summed E-state index contributed by atoms with van der Waals surface area (Å²) in [5.74, 6) is 1.36. The van der Waals surface area contributed by atoms with Crippen molar-refractivity contribution in [3.63, 3.8) is 0 Å². The molecule has 0 aliphatic heterocycles. The number of rotatable bonds is 5. The minimum absolute atomic E-state index is 0.00748. The SMILES string of the molecule is OCCN=Cc1ccc(Oc2ccccc2)cc1O. The van der Waals surface area contributed by atoms with E-state index >= 15 is 0 Å². The number of phenolic OH excluding ortho intramolecular Hbond substituents is 1. The molecule has 2 aromatic rings. The average molecular weight is 257 g/mol. The molecule has 0 aromatic heterocycles. The van der Waals surface area contributed by atoms with Crippen LogP contribution in [0.1, 0.15) is 5.56 Å². The van der Waals surface area contributed by atoms with Gasteiger partial charge >= 0.3 is 0 Å². The molecule has 0 heterocycles. The number of aromatic hydroxyl groups is 1. The van der Waals surface area contributed by atoms with E-state index in [2.05, 4.69) is 4.99 Å². The second-order valence-electron chi connectivity index (χ2n) is 3.89. The lowest BCUT2D eigenvalue weighted by atomic mass is 10.2. The molecule has 2 aromatic carbocycles. The van der Waals surface area contributed by atoms with Crippen LogP contribution in [0, 0.1) is 0 Å². The zero-order chi connectivity index (χ0) is 13.5. The molecule has 0 unspecified atom stereocenters. The molecule has 4 nitrogen and oxygen atoms in total. The summed E-state index contributed by atoms with van der Waals surface area (Å²) in [5, 5.41) is 18.5. The maximum Gasteiger partial charge on any atom is 0.131 e. The molecule has 0 radical (unpaired) electrons. The normalized spacial score (nSPS) is 10.8.